The molecule has 6 rings (SSSR count). The molecule has 4 aliphatic rings. The van der Waals surface area contributed by atoms with E-state index in [-0.39, 0.29) is 5.66 Å². The van der Waals surface area contributed by atoms with Crippen molar-refractivity contribution in [3.05, 3.63) is 34.2 Å². The van der Waals surface area contributed by atoms with E-state index in [9.17, 15) is 0 Å². The third kappa shape index (κ3) is 1.83. The standard InChI is InChI=1S/C17H18ClN3S/c18-13-3-1-2-11-8-14(22-15(11)13)16-19-17(21-20-16)9-10-4-6-12(17)7-5-10/h1-3,8,10,12,21H,4-7,9H2,(H,19,20)/t10?,12?,17-/m1/s1. The van der Waals surface area contributed by atoms with E-state index in [0.717, 1.165) is 21.5 Å². The zero-order chi connectivity index (χ0) is 14.7. The number of nitrogens with zero attached hydrogens (tertiary/aromatic N) is 1. The molecule has 3 fully saturated rings. The second-order valence-electron chi connectivity index (χ2n) is 6.86. The number of hydrogen-bond donors (Lipinski definition) is 2. The van der Waals surface area contributed by atoms with E-state index >= 15 is 0 Å². The van der Waals surface area contributed by atoms with Crippen molar-refractivity contribution in [3.8, 4) is 0 Å². The number of hydrogen-bond acceptors (Lipinski definition) is 4. The smallest absolute Gasteiger partial charge is 0.165 e. The third-order valence-corrected chi connectivity index (χ3v) is 7.21. The molecule has 22 heavy (non-hydrogen) atoms. The van der Waals surface area contributed by atoms with Gasteiger partial charge in [-0.2, -0.15) is 5.10 Å². The van der Waals surface area contributed by atoms with Gasteiger partial charge in [-0.05, 0) is 55.5 Å². The lowest BCUT2D eigenvalue weighted by atomic mass is 9.64. The number of rotatable bonds is 1. The van der Waals surface area contributed by atoms with Gasteiger partial charge in [0.25, 0.3) is 0 Å². The van der Waals surface area contributed by atoms with Crippen LogP contribution in [0.4, 0.5) is 0 Å². The maximum absolute atomic E-state index is 6.31. The molecule has 1 aliphatic heterocycles. The highest BCUT2D eigenvalue weighted by molar-refractivity contribution is 7.21. The van der Waals surface area contributed by atoms with Gasteiger partial charge in [0, 0.05) is 5.92 Å². The number of benzene rings is 1. The fourth-order valence-corrected chi connectivity index (χ4v) is 5.76. The summed E-state index contributed by atoms with van der Waals surface area (Å²) in [5, 5.41) is 10.4. The largest absolute Gasteiger partial charge is 0.344 e. The molecule has 5 heteroatoms. The van der Waals surface area contributed by atoms with Gasteiger partial charge in [0.05, 0.1) is 14.6 Å². The SMILES string of the molecule is Clc1cccc2cc(C3=NN[C@@]4(CC5CCC4CC5)N3)sc12. The van der Waals surface area contributed by atoms with Crippen molar-refractivity contribution in [1.29, 1.82) is 0 Å². The van der Waals surface area contributed by atoms with Crippen LogP contribution >= 0.6 is 22.9 Å². The summed E-state index contributed by atoms with van der Waals surface area (Å²) in [6, 6.07) is 8.26. The van der Waals surface area contributed by atoms with Crippen molar-refractivity contribution >= 4 is 38.9 Å². The van der Waals surface area contributed by atoms with E-state index in [1.54, 1.807) is 11.3 Å². The van der Waals surface area contributed by atoms with Crippen LogP contribution in [0, 0.1) is 11.8 Å². The topological polar surface area (TPSA) is 36.4 Å². The average molecular weight is 332 g/mol. The molecule has 3 nitrogen and oxygen atoms in total. The molecule has 1 aromatic carbocycles. The molecule has 2 bridgehead atoms. The van der Waals surface area contributed by atoms with E-state index in [1.807, 2.05) is 12.1 Å². The summed E-state index contributed by atoms with van der Waals surface area (Å²) in [6.45, 7) is 0. The Labute approximate surface area is 138 Å². The average Bonchev–Trinajstić information content (AvgIpc) is 3.14. The number of fused-ring (bicyclic) bond motifs is 3. The highest BCUT2D eigenvalue weighted by Crippen LogP contribution is 2.47. The number of hydrazone groups is 1. The van der Waals surface area contributed by atoms with Gasteiger partial charge in [-0.25, -0.2) is 0 Å². The minimum absolute atomic E-state index is 0.0104. The third-order valence-electron chi connectivity index (χ3n) is 5.59. The van der Waals surface area contributed by atoms with Gasteiger partial charge >= 0.3 is 0 Å². The van der Waals surface area contributed by atoms with E-state index in [2.05, 4.69) is 28.0 Å². The number of thiophene rings is 1. The fourth-order valence-electron chi connectivity index (χ4n) is 4.46. The van der Waals surface area contributed by atoms with Crippen LogP contribution in [0.15, 0.2) is 29.4 Å². The van der Waals surface area contributed by atoms with Gasteiger partial charge in [-0.15, -0.1) is 11.3 Å². The maximum Gasteiger partial charge on any atom is 0.165 e. The zero-order valence-electron chi connectivity index (χ0n) is 12.2. The summed E-state index contributed by atoms with van der Waals surface area (Å²) in [6.07, 6.45) is 6.64. The van der Waals surface area contributed by atoms with E-state index in [4.69, 9.17) is 11.6 Å². The highest BCUT2D eigenvalue weighted by atomic mass is 35.5. The molecular formula is C17H18ClN3S. The van der Waals surface area contributed by atoms with Gasteiger partial charge in [-0.3, -0.25) is 5.43 Å². The zero-order valence-corrected chi connectivity index (χ0v) is 13.8. The predicted octanol–water partition coefficient (Wildman–Crippen LogP) is 4.32. The van der Waals surface area contributed by atoms with Crippen molar-refractivity contribution < 1.29 is 0 Å². The molecule has 2 N–H and O–H groups in total. The van der Waals surface area contributed by atoms with Crippen LogP contribution in [0.5, 0.6) is 0 Å². The van der Waals surface area contributed by atoms with Crippen LogP contribution in [0.25, 0.3) is 10.1 Å². The van der Waals surface area contributed by atoms with Crippen molar-refractivity contribution in [2.45, 2.75) is 37.8 Å². The molecule has 0 amide bonds. The van der Waals surface area contributed by atoms with Crippen LogP contribution in [0.3, 0.4) is 0 Å². The van der Waals surface area contributed by atoms with Gasteiger partial charge in [0.2, 0.25) is 0 Å². The van der Waals surface area contributed by atoms with Crippen molar-refractivity contribution in [2.75, 3.05) is 0 Å². The van der Waals surface area contributed by atoms with Crippen LogP contribution < -0.4 is 10.7 Å². The summed E-state index contributed by atoms with van der Waals surface area (Å²) in [5.41, 5.74) is 3.47. The highest BCUT2D eigenvalue weighted by Gasteiger charge is 2.50. The second-order valence-corrected chi connectivity index (χ2v) is 8.32. The van der Waals surface area contributed by atoms with E-state index in [0.29, 0.717) is 5.92 Å². The Hall–Kier alpha value is -1.26. The molecule has 3 aliphatic carbocycles. The molecular weight excluding hydrogens is 314 g/mol. The van der Waals surface area contributed by atoms with Gasteiger partial charge < -0.3 is 5.32 Å². The number of halogens is 1. The summed E-state index contributed by atoms with van der Waals surface area (Å²) in [7, 11) is 0. The lowest BCUT2D eigenvalue weighted by molar-refractivity contribution is 0.0394. The summed E-state index contributed by atoms with van der Waals surface area (Å²) in [4.78, 5) is 1.17. The van der Waals surface area contributed by atoms with Crippen LogP contribution in [-0.4, -0.2) is 11.5 Å². The van der Waals surface area contributed by atoms with Crippen LogP contribution in [-0.2, 0) is 0 Å². The first-order valence-corrected chi connectivity index (χ1v) is 9.24. The Kier molecular flexibility index (Phi) is 2.77. The molecule has 0 saturated heterocycles. The van der Waals surface area contributed by atoms with Crippen LogP contribution in [0.2, 0.25) is 5.02 Å². The molecule has 1 spiro atoms. The molecule has 2 aromatic rings. The Bertz CT molecular complexity index is 775. The van der Waals surface area contributed by atoms with E-state index < -0.39 is 0 Å². The normalized spacial score (nSPS) is 33.0. The minimum Gasteiger partial charge on any atom is -0.344 e. The molecule has 2 heterocycles. The Morgan fingerprint density at radius 2 is 2.09 bits per heavy atom. The number of amidine groups is 1. The lowest BCUT2D eigenvalue weighted by Gasteiger charge is -2.49. The summed E-state index contributed by atoms with van der Waals surface area (Å²) in [5.74, 6) is 2.55. The van der Waals surface area contributed by atoms with Crippen molar-refractivity contribution in [3.63, 3.8) is 0 Å². The first-order chi connectivity index (χ1) is 10.7. The van der Waals surface area contributed by atoms with Gasteiger partial charge in [0.15, 0.2) is 5.84 Å². The first kappa shape index (κ1) is 13.2. The van der Waals surface area contributed by atoms with Gasteiger partial charge in [-0.1, -0.05) is 23.7 Å². The van der Waals surface area contributed by atoms with Crippen molar-refractivity contribution in [1.82, 2.24) is 10.7 Å². The Morgan fingerprint density at radius 1 is 1.23 bits per heavy atom. The maximum atomic E-state index is 6.31. The van der Waals surface area contributed by atoms with E-state index in [1.165, 1.54) is 42.4 Å². The quantitative estimate of drug-likeness (QED) is 0.816. The molecule has 114 valence electrons. The molecule has 0 unspecified atom stereocenters. The Morgan fingerprint density at radius 3 is 2.82 bits per heavy atom. The van der Waals surface area contributed by atoms with Crippen molar-refractivity contribution in [2.24, 2.45) is 16.9 Å². The van der Waals surface area contributed by atoms with Gasteiger partial charge in [0.1, 0.15) is 5.66 Å². The van der Waals surface area contributed by atoms with Crippen LogP contribution in [0.1, 0.15) is 37.0 Å². The lowest BCUT2D eigenvalue weighted by Crippen LogP contribution is -2.62. The summed E-state index contributed by atoms with van der Waals surface area (Å²) < 4.78 is 1.15. The molecule has 1 aromatic heterocycles. The Balaban J connectivity index is 1.48. The second kappa shape index (κ2) is 4.62. The molecule has 1 atom stereocenters. The molecule has 3 saturated carbocycles. The fraction of sp³-hybridized carbons (Fsp3) is 0.471. The predicted molar refractivity (Wildman–Crippen MR) is 92.4 cm³/mol. The summed E-state index contributed by atoms with van der Waals surface area (Å²) >= 11 is 8.03. The minimum atomic E-state index is 0.0104. The molecule has 0 radical (unpaired) electrons. The first-order valence-electron chi connectivity index (χ1n) is 8.05. The number of nitrogens with one attached hydrogen (secondary N) is 2. The monoisotopic (exact) mass is 331 g/mol.